The molecule has 2 heterocycles. The van der Waals surface area contributed by atoms with Gasteiger partial charge in [0.15, 0.2) is 0 Å². The quantitative estimate of drug-likeness (QED) is 0.883. The van der Waals surface area contributed by atoms with Crippen molar-refractivity contribution in [1.29, 1.82) is 0 Å². The van der Waals surface area contributed by atoms with Crippen molar-refractivity contribution in [3.63, 3.8) is 0 Å². The minimum absolute atomic E-state index is 0.151. The van der Waals surface area contributed by atoms with Gasteiger partial charge in [-0.2, -0.15) is 0 Å². The lowest BCUT2D eigenvalue weighted by Crippen LogP contribution is -2.39. The average Bonchev–Trinajstić information content (AvgIpc) is 2.93. The number of hydrogen-bond donors (Lipinski definition) is 1. The monoisotopic (exact) mass is 279 g/mol. The second-order valence-corrected chi connectivity index (χ2v) is 5.79. The molecule has 1 saturated heterocycles. The Balaban J connectivity index is 1.94. The lowest BCUT2D eigenvalue weighted by atomic mass is 10.1. The molecule has 0 aliphatic carbocycles. The highest BCUT2D eigenvalue weighted by atomic mass is 16.2. The third-order valence-corrected chi connectivity index (χ3v) is 3.67. The van der Waals surface area contributed by atoms with Crippen LogP contribution in [0.2, 0.25) is 0 Å². The van der Waals surface area contributed by atoms with E-state index >= 15 is 0 Å². The summed E-state index contributed by atoms with van der Waals surface area (Å²) in [5.74, 6) is 0.151. The summed E-state index contributed by atoms with van der Waals surface area (Å²) in [5.41, 5.74) is 0.872. The third-order valence-electron chi connectivity index (χ3n) is 3.67. The fourth-order valence-corrected chi connectivity index (χ4v) is 2.38. The highest BCUT2D eigenvalue weighted by molar-refractivity contribution is 5.80. The summed E-state index contributed by atoms with van der Waals surface area (Å²) >= 11 is 0. The number of piperidine rings is 1. The molecule has 1 N–H and O–H groups in total. The number of carbonyl (C=O) groups is 1. The summed E-state index contributed by atoms with van der Waals surface area (Å²) in [5, 5.41) is 11.5. The van der Waals surface area contributed by atoms with Crippen LogP contribution in [0.4, 0.5) is 0 Å². The lowest BCUT2D eigenvalue weighted by Gasteiger charge is -2.29. The summed E-state index contributed by atoms with van der Waals surface area (Å²) in [6.07, 6.45) is 5.31. The Kier molecular flexibility index (Phi) is 5.11. The Bertz CT molecular complexity index is 437. The molecule has 6 heteroatoms. The first-order valence-electron chi connectivity index (χ1n) is 7.51. The van der Waals surface area contributed by atoms with Gasteiger partial charge in [-0.3, -0.25) is 4.79 Å². The number of likely N-dealkylation sites (tertiary alicyclic amines) is 1. The largest absolute Gasteiger partial charge is 0.341 e. The maximum atomic E-state index is 12.4. The van der Waals surface area contributed by atoms with Gasteiger partial charge in [-0.05, 0) is 26.2 Å². The van der Waals surface area contributed by atoms with E-state index in [0.717, 1.165) is 31.6 Å². The van der Waals surface area contributed by atoms with Crippen LogP contribution in [0.3, 0.4) is 0 Å². The van der Waals surface area contributed by atoms with E-state index in [9.17, 15) is 4.79 Å². The maximum Gasteiger partial charge on any atom is 0.247 e. The fourth-order valence-electron chi connectivity index (χ4n) is 2.38. The molecule has 2 rings (SSSR count). The molecule has 0 aromatic carbocycles. The van der Waals surface area contributed by atoms with E-state index in [0.29, 0.717) is 12.6 Å². The summed E-state index contributed by atoms with van der Waals surface area (Å²) < 4.78 is 1.67. The van der Waals surface area contributed by atoms with Crippen molar-refractivity contribution in [2.45, 2.75) is 58.7 Å². The Morgan fingerprint density at radius 1 is 1.30 bits per heavy atom. The molecule has 0 radical (unpaired) electrons. The van der Waals surface area contributed by atoms with E-state index in [1.807, 2.05) is 18.0 Å². The topological polar surface area (TPSA) is 63.1 Å². The number of rotatable bonds is 5. The first-order chi connectivity index (χ1) is 9.58. The molecule has 112 valence electrons. The molecule has 1 aromatic rings. The Hall–Kier alpha value is -1.43. The van der Waals surface area contributed by atoms with Crippen LogP contribution in [0.15, 0.2) is 6.20 Å². The highest BCUT2D eigenvalue weighted by Crippen LogP contribution is 2.15. The number of nitrogens with zero attached hydrogens (tertiary/aromatic N) is 4. The molecule has 0 saturated carbocycles. The van der Waals surface area contributed by atoms with Gasteiger partial charge in [0.25, 0.3) is 0 Å². The number of nitrogens with one attached hydrogen (secondary N) is 1. The SMILES string of the molecule is CC(C)NCc1cn(C(C)C(=O)N2CCCCC2)nn1. The van der Waals surface area contributed by atoms with Crippen molar-refractivity contribution in [2.24, 2.45) is 0 Å². The van der Waals surface area contributed by atoms with Crippen molar-refractivity contribution >= 4 is 5.91 Å². The van der Waals surface area contributed by atoms with E-state index in [4.69, 9.17) is 0 Å². The predicted molar refractivity (Wildman–Crippen MR) is 77.1 cm³/mol. The van der Waals surface area contributed by atoms with Crippen LogP contribution in [0, 0.1) is 0 Å². The van der Waals surface area contributed by atoms with Gasteiger partial charge in [0.05, 0.1) is 11.9 Å². The van der Waals surface area contributed by atoms with Crippen molar-refractivity contribution < 1.29 is 4.79 Å². The van der Waals surface area contributed by atoms with Gasteiger partial charge in [-0.1, -0.05) is 19.1 Å². The van der Waals surface area contributed by atoms with Gasteiger partial charge in [-0.25, -0.2) is 4.68 Å². The van der Waals surface area contributed by atoms with E-state index in [-0.39, 0.29) is 11.9 Å². The molecule has 1 atom stereocenters. The molecule has 20 heavy (non-hydrogen) atoms. The smallest absolute Gasteiger partial charge is 0.247 e. The Morgan fingerprint density at radius 2 is 2.00 bits per heavy atom. The molecule has 1 aliphatic rings. The highest BCUT2D eigenvalue weighted by Gasteiger charge is 2.24. The second kappa shape index (κ2) is 6.83. The molecule has 0 spiro atoms. The van der Waals surface area contributed by atoms with Crippen molar-refractivity contribution in [3.8, 4) is 0 Å². The Morgan fingerprint density at radius 3 is 2.65 bits per heavy atom. The average molecular weight is 279 g/mol. The summed E-state index contributed by atoms with van der Waals surface area (Å²) in [7, 11) is 0. The summed E-state index contributed by atoms with van der Waals surface area (Å²) in [6.45, 7) is 8.51. The van der Waals surface area contributed by atoms with Gasteiger partial charge in [0.2, 0.25) is 5.91 Å². The molecule has 1 aromatic heterocycles. The molecule has 0 bridgehead atoms. The minimum atomic E-state index is -0.270. The van der Waals surface area contributed by atoms with Gasteiger partial charge in [0.1, 0.15) is 6.04 Å². The van der Waals surface area contributed by atoms with Crippen molar-refractivity contribution in [3.05, 3.63) is 11.9 Å². The van der Waals surface area contributed by atoms with Crippen LogP contribution >= 0.6 is 0 Å². The van der Waals surface area contributed by atoms with Crippen LogP contribution < -0.4 is 5.32 Å². The molecule has 1 amide bonds. The zero-order valence-corrected chi connectivity index (χ0v) is 12.7. The van der Waals surface area contributed by atoms with Gasteiger partial charge >= 0.3 is 0 Å². The van der Waals surface area contributed by atoms with Gasteiger partial charge in [-0.15, -0.1) is 5.10 Å². The molecule has 6 nitrogen and oxygen atoms in total. The van der Waals surface area contributed by atoms with E-state index in [1.54, 1.807) is 4.68 Å². The number of carbonyl (C=O) groups excluding carboxylic acids is 1. The van der Waals surface area contributed by atoms with Gasteiger partial charge in [0, 0.05) is 25.7 Å². The van der Waals surface area contributed by atoms with E-state index in [1.165, 1.54) is 6.42 Å². The van der Waals surface area contributed by atoms with Crippen molar-refractivity contribution in [2.75, 3.05) is 13.1 Å². The summed E-state index contributed by atoms with van der Waals surface area (Å²) in [4.78, 5) is 14.3. The van der Waals surface area contributed by atoms with E-state index < -0.39 is 0 Å². The summed E-state index contributed by atoms with van der Waals surface area (Å²) in [6, 6.07) is 0.140. The number of aromatic nitrogens is 3. The van der Waals surface area contributed by atoms with Crippen LogP contribution in [0.5, 0.6) is 0 Å². The van der Waals surface area contributed by atoms with Gasteiger partial charge < -0.3 is 10.2 Å². The maximum absolute atomic E-state index is 12.4. The first kappa shape index (κ1) is 15.0. The first-order valence-corrected chi connectivity index (χ1v) is 7.51. The van der Waals surface area contributed by atoms with Crippen LogP contribution in [0.1, 0.15) is 51.8 Å². The Labute approximate surface area is 120 Å². The van der Waals surface area contributed by atoms with Crippen LogP contribution in [0.25, 0.3) is 0 Å². The van der Waals surface area contributed by atoms with Crippen molar-refractivity contribution in [1.82, 2.24) is 25.2 Å². The lowest BCUT2D eigenvalue weighted by molar-refractivity contribution is -0.135. The molecule has 1 aliphatic heterocycles. The molecule has 1 fully saturated rings. The van der Waals surface area contributed by atoms with E-state index in [2.05, 4.69) is 29.5 Å². The molecular formula is C14H25N5O. The number of hydrogen-bond acceptors (Lipinski definition) is 4. The zero-order valence-electron chi connectivity index (χ0n) is 12.7. The molecular weight excluding hydrogens is 254 g/mol. The standard InChI is InChI=1S/C14H25N5O/c1-11(2)15-9-13-10-19(17-16-13)12(3)14(20)18-7-5-4-6-8-18/h10-12,15H,4-9H2,1-3H3. The van der Waals surface area contributed by atoms with Crippen LogP contribution in [-0.2, 0) is 11.3 Å². The third kappa shape index (κ3) is 3.79. The zero-order chi connectivity index (χ0) is 14.5. The normalized spacial score (nSPS) is 17.5. The fraction of sp³-hybridized carbons (Fsp3) is 0.786. The minimum Gasteiger partial charge on any atom is -0.341 e. The second-order valence-electron chi connectivity index (χ2n) is 5.79. The predicted octanol–water partition coefficient (Wildman–Crippen LogP) is 1.35. The molecule has 1 unspecified atom stereocenters. The van der Waals surface area contributed by atoms with Crippen LogP contribution in [-0.4, -0.2) is 44.9 Å². The number of amides is 1.